The predicted molar refractivity (Wildman–Crippen MR) is 67.9 cm³/mol. The Bertz CT molecular complexity index is 215. The van der Waals surface area contributed by atoms with E-state index in [1.54, 1.807) is 0 Å². The summed E-state index contributed by atoms with van der Waals surface area (Å²) >= 11 is 0. The molecule has 94 valence electrons. The molecular weight excluding hydrogens is 198 g/mol. The summed E-state index contributed by atoms with van der Waals surface area (Å²) in [7, 11) is 0. The lowest BCUT2D eigenvalue weighted by Gasteiger charge is -2.52. The highest BCUT2D eigenvalue weighted by atomic mass is 15.5. The second kappa shape index (κ2) is 5.03. The number of nitrogens with two attached hydrogens (primary N) is 1. The minimum Gasteiger partial charge on any atom is -0.329 e. The van der Waals surface area contributed by atoms with Crippen LogP contribution in [0.3, 0.4) is 0 Å². The normalized spacial score (nSPS) is 36.4. The molecule has 1 aliphatic carbocycles. The summed E-state index contributed by atoms with van der Waals surface area (Å²) < 4.78 is 0. The van der Waals surface area contributed by atoms with Crippen molar-refractivity contribution in [3.8, 4) is 0 Å². The number of rotatable bonds is 4. The zero-order valence-corrected chi connectivity index (χ0v) is 10.8. The smallest absolute Gasteiger partial charge is 0.0453 e. The van der Waals surface area contributed by atoms with Crippen molar-refractivity contribution in [2.45, 2.75) is 51.5 Å². The summed E-state index contributed by atoms with van der Waals surface area (Å²) in [6, 6.07) is 0. The van der Waals surface area contributed by atoms with Gasteiger partial charge in [0.1, 0.15) is 0 Å². The molecule has 16 heavy (non-hydrogen) atoms. The Kier molecular flexibility index (Phi) is 3.88. The number of hydrogen-bond donors (Lipinski definition) is 2. The van der Waals surface area contributed by atoms with Crippen molar-refractivity contribution in [2.75, 3.05) is 19.6 Å². The van der Waals surface area contributed by atoms with Gasteiger partial charge in [0.05, 0.1) is 0 Å². The molecule has 1 saturated carbocycles. The van der Waals surface area contributed by atoms with Crippen LogP contribution in [-0.4, -0.2) is 30.2 Å². The van der Waals surface area contributed by atoms with E-state index in [-0.39, 0.29) is 5.54 Å². The van der Waals surface area contributed by atoms with E-state index in [0.29, 0.717) is 0 Å². The van der Waals surface area contributed by atoms with Gasteiger partial charge in [0, 0.05) is 25.2 Å². The van der Waals surface area contributed by atoms with Crippen LogP contribution >= 0.6 is 0 Å². The molecular formula is C13H27N3. The summed E-state index contributed by atoms with van der Waals surface area (Å²) in [6.07, 6.45) is 6.58. The Balaban J connectivity index is 1.82. The van der Waals surface area contributed by atoms with Crippen molar-refractivity contribution >= 4 is 0 Å². The number of hydrazine groups is 1. The van der Waals surface area contributed by atoms with Crippen LogP contribution in [0, 0.1) is 11.8 Å². The highest BCUT2D eigenvalue weighted by Crippen LogP contribution is 2.41. The van der Waals surface area contributed by atoms with E-state index in [1.165, 1.54) is 45.2 Å². The molecule has 0 aromatic rings. The van der Waals surface area contributed by atoms with Crippen molar-refractivity contribution in [3.63, 3.8) is 0 Å². The second-order valence-electron chi connectivity index (χ2n) is 6.06. The van der Waals surface area contributed by atoms with Crippen molar-refractivity contribution in [2.24, 2.45) is 17.6 Å². The Hall–Kier alpha value is -0.120. The van der Waals surface area contributed by atoms with Gasteiger partial charge >= 0.3 is 0 Å². The lowest BCUT2D eigenvalue weighted by Crippen LogP contribution is -2.66. The minimum atomic E-state index is 0.228. The molecule has 2 aliphatic rings. The third-order valence-electron chi connectivity index (χ3n) is 4.39. The van der Waals surface area contributed by atoms with Gasteiger partial charge < -0.3 is 5.73 Å². The molecule has 0 spiro atoms. The first kappa shape index (κ1) is 12.3. The third-order valence-corrected chi connectivity index (χ3v) is 4.39. The summed E-state index contributed by atoms with van der Waals surface area (Å²) in [5, 5.41) is 2.41. The van der Waals surface area contributed by atoms with E-state index in [9.17, 15) is 0 Å². The maximum absolute atomic E-state index is 5.96. The molecule has 2 rings (SSSR count). The van der Waals surface area contributed by atoms with E-state index in [0.717, 1.165) is 18.4 Å². The van der Waals surface area contributed by atoms with Crippen LogP contribution in [0.15, 0.2) is 0 Å². The summed E-state index contributed by atoms with van der Waals surface area (Å²) in [5.41, 5.74) is 9.90. The van der Waals surface area contributed by atoms with Gasteiger partial charge in [-0.15, -0.1) is 0 Å². The van der Waals surface area contributed by atoms with Crippen molar-refractivity contribution in [1.29, 1.82) is 0 Å². The Labute approximate surface area is 99.7 Å². The van der Waals surface area contributed by atoms with Gasteiger partial charge in [-0.25, -0.2) is 10.4 Å². The van der Waals surface area contributed by atoms with Crippen LogP contribution in [0.1, 0.15) is 46.0 Å². The highest BCUT2D eigenvalue weighted by Gasteiger charge is 2.45. The van der Waals surface area contributed by atoms with E-state index in [2.05, 4.69) is 24.3 Å². The Morgan fingerprint density at radius 2 is 1.88 bits per heavy atom. The predicted octanol–water partition coefficient (Wildman–Crippen LogP) is 1.74. The fraction of sp³-hybridized carbons (Fsp3) is 1.00. The number of piperidine rings is 1. The number of nitrogens with one attached hydrogen (secondary N) is 1. The van der Waals surface area contributed by atoms with Gasteiger partial charge in [-0.2, -0.15) is 0 Å². The zero-order chi connectivity index (χ0) is 11.6. The monoisotopic (exact) mass is 225 g/mol. The Morgan fingerprint density at radius 1 is 1.25 bits per heavy atom. The van der Waals surface area contributed by atoms with Gasteiger partial charge in [0.25, 0.3) is 0 Å². The molecule has 3 heteroatoms. The van der Waals surface area contributed by atoms with Crippen molar-refractivity contribution in [3.05, 3.63) is 0 Å². The molecule has 0 bridgehead atoms. The molecule has 2 fully saturated rings. The van der Waals surface area contributed by atoms with Crippen LogP contribution in [0.5, 0.6) is 0 Å². The van der Waals surface area contributed by atoms with Crippen LogP contribution in [0.4, 0.5) is 0 Å². The largest absolute Gasteiger partial charge is 0.329 e. The van der Waals surface area contributed by atoms with Crippen molar-refractivity contribution in [1.82, 2.24) is 10.4 Å². The highest BCUT2D eigenvalue weighted by molar-refractivity contribution is 5.02. The molecule has 3 N–H and O–H groups in total. The van der Waals surface area contributed by atoms with E-state index < -0.39 is 0 Å². The standard InChI is InChI=1S/C13H27N3/c1-11(2)12-8-13(9-12,10-14)15-16-6-4-3-5-7-16/h11-12,15H,3-10,14H2,1-2H3. The molecule has 1 saturated heterocycles. The first-order valence-electron chi connectivity index (χ1n) is 6.88. The average Bonchev–Trinajstić information content (AvgIpc) is 2.24. The molecule has 1 heterocycles. The molecule has 0 unspecified atom stereocenters. The van der Waals surface area contributed by atoms with Crippen LogP contribution < -0.4 is 11.2 Å². The number of hydrogen-bond acceptors (Lipinski definition) is 3. The fourth-order valence-corrected chi connectivity index (χ4v) is 3.06. The molecule has 0 aromatic heterocycles. The van der Waals surface area contributed by atoms with Gasteiger partial charge in [0.15, 0.2) is 0 Å². The first-order chi connectivity index (χ1) is 7.65. The lowest BCUT2D eigenvalue weighted by atomic mass is 9.64. The number of nitrogens with zero attached hydrogens (tertiary/aromatic N) is 1. The van der Waals surface area contributed by atoms with Crippen LogP contribution in [0.2, 0.25) is 0 Å². The second-order valence-corrected chi connectivity index (χ2v) is 6.06. The Morgan fingerprint density at radius 3 is 2.38 bits per heavy atom. The topological polar surface area (TPSA) is 41.3 Å². The quantitative estimate of drug-likeness (QED) is 0.766. The molecule has 3 nitrogen and oxygen atoms in total. The lowest BCUT2D eigenvalue weighted by molar-refractivity contribution is -0.00770. The molecule has 1 aliphatic heterocycles. The molecule has 0 atom stereocenters. The third kappa shape index (κ3) is 2.58. The first-order valence-corrected chi connectivity index (χ1v) is 6.88. The van der Waals surface area contributed by atoms with Gasteiger partial charge in [-0.05, 0) is 37.5 Å². The van der Waals surface area contributed by atoms with E-state index in [4.69, 9.17) is 5.73 Å². The van der Waals surface area contributed by atoms with Crippen LogP contribution in [0.25, 0.3) is 0 Å². The van der Waals surface area contributed by atoms with Crippen molar-refractivity contribution < 1.29 is 0 Å². The maximum Gasteiger partial charge on any atom is 0.0453 e. The molecule has 0 aromatic carbocycles. The minimum absolute atomic E-state index is 0.228. The summed E-state index contributed by atoms with van der Waals surface area (Å²) in [4.78, 5) is 0. The molecule has 0 radical (unpaired) electrons. The maximum atomic E-state index is 5.96. The summed E-state index contributed by atoms with van der Waals surface area (Å²) in [6.45, 7) is 7.84. The van der Waals surface area contributed by atoms with Gasteiger partial charge in [-0.3, -0.25) is 0 Å². The van der Waals surface area contributed by atoms with E-state index >= 15 is 0 Å². The summed E-state index contributed by atoms with van der Waals surface area (Å²) in [5.74, 6) is 1.68. The fourth-order valence-electron chi connectivity index (χ4n) is 3.06. The van der Waals surface area contributed by atoms with Crippen LogP contribution in [-0.2, 0) is 0 Å². The zero-order valence-electron chi connectivity index (χ0n) is 10.8. The average molecular weight is 225 g/mol. The van der Waals surface area contributed by atoms with Gasteiger partial charge in [0.2, 0.25) is 0 Å². The SMILES string of the molecule is CC(C)C1CC(CN)(NN2CCCCC2)C1. The van der Waals surface area contributed by atoms with E-state index in [1.807, 2.05) is 0 Å². The molecule has 0 amide bonds. The van der Waals surface area contributed by atoms with Gasteiger partial charge in [-0.1, -0.05) is 20.3 Å².